The number of hydrogen-bond acceptors (Lipinski definition) is 9. The van der Waals surface area contributed by atoms with Gasteiger partial charge in [0.2, 0.25) is 6.79 Å². The maximum Gasteiger partial charge on any atom is 0.272 e. The fraction of sp³-hybridized carbons (Fsp3) is 0.294. The van der Waals surface area contributed by atoms with Gasteiger partial charge in [-0.15, -0.1) is 11.3 Å². The van der Waals surface area contributed by atoms with Gasteiger partial charge >= 0.3 is 0 Å². The van der Waals surface area contributed by atoms with Gasteiger partial charge in [0.05, 0.1) is 35.3 Å². The molecule has 4 aromatic heterocycles. The quantitative estimate of drug-likeness (QED) is 0.167. The van der Waals surface area contributed by atoms with Crippen molar-refractivity contribution in [2.24, 2.45) is 21.1 Å². The molecule has 7 rings (SSSR count). The first kappa shape index (κ1) is 34.2. The summed E-state index contributed by atoms with van der Waals surface area (Å²) in [5.74, 6) is -0.362. The lowest BCUT2D eigenvalue weighted by Crippen LogP contribution is -2.41. The third kappa shape index (κ3) is 7.16. The maximum absolute atomic E-state index is 13.3. The van der Waals surface area contributed by atoms with Crippen molar-refractivity contribution < 1.29 is 33.4 Å². The van der Waals surface area contributed by atoms with Crippen LogP contribution in [-0.4, -0.2) is 88.4 Å². The summed E-state index contributed by atoms with van der Waals surface area (Å²) in [6.07, 6.45) is 4.90. The number of rotatable bonds is 10. The number of carbonyl (C=O) groups excluding carboxylic acids is 4. The number of carbonyl (C=O) groups is 4. The predicted molar refractivity (Wildman–Crippen MR) is 193 cm³/mol. The van der Waals surface area contributed by atoms with E-state index < -0.39 is 17.7 Å². The summed E-state index contributed by atoms with van der Waals surface area (Å²) < 4.78 is 21.8. The predicted octanol–water partition coefficient (Wildman–Crippen LogP) is 4.12. The Kier molecular flexibility index (Phi) is 9.48. The highest BCUT2D eigenvalue weighted by molar-refractivity contribution is 7.21. The number of nitrogens with zero attached hydrogens (tertiary/aromatic N) is 4. The van der Waals surface area contributed by atoms with Crippen molar-refractivity contribution in [3.63, 3.8) is 0 Å². The Morgan fingerprint density at radius 3 is 1.80 bits per heavy atom. The number of nitrogens with one attached hydrogen (secondary N) is 4. The van der Waals surface area contributed by atoms with E-state index in [2.05, 4.69) is 26.2 Å². The zero-order valence-electron chi connectivity index (χ0n) is 28.0. The minimum Gasteiger partial charge on any atom is -0.454 e. The second-order valence-corrected chi connectivity index (χ2v) is 13.6. The van der Waals surface area contributed by atoms with Crippen molar-refractivity contribution in [2.75, 3.05) is 62.1 Å². The van der Waals surface area contributed by atoms with Gasteiger partial charge in [0.1, 0.15) is 22.0 Å². The third-order valence-corrected chi connectivity index (χ3v) is 10.3. The number of amides is 4. The number of morpholine rings is 1. The topological polar surface area (TPSA) is 162 Å². The van der Waals surface area contributed by atoms with Crippen LogP contribution < -0.4 is 30.7 Å². The monoisotopic (exact) mass is 734 g/mol. The molecule has 0 bridgehead atoms. The van der Waals surface area contributed by atoms with Crippen molar-refractivity contribution >= 4 is 73.7 Å². The van der Waals surface area contributed by atoms with Crippen molar-refractivity contribution in [1.29, 1.82) is 0 Å². The highest BCUT2D eigenvalue weighted by atomic mass is 35.5. The molecule has 0 radical (unpaired) electrons. The molecule has 0 saturated carbocycles. The van der Waals surface area contributed by atoms with Crippen LogP contribution in [0.5, 0.6) is 11.5 Å². The number of aryl methyl sites for hydroxylation is 3. The molecule has 0 aliphatic carbocycles. The molecule has 266 valence electrons. The van der Waals surface area contributed by atoms with E-state index in [9.17, 15) is 19.2 Å². The maximum atomic E-state index is 13.3. The minimum absolute atomic E-state index is 0.135. The molecule has 17 heteroatoms. The van der Waals surface area contributed by atoms with Crippen LogP contribution in [0.1, 0.15) is 41.1 Å². The summed E-state index contributed by atoms with van der Waals surface area (Å²) in [4.78, 5) is 55.0. The first-order valence-corrected chi connectivity index (χ1v) is 17.3. The van der Waals surface area contributed by atoms with Crippen molar-refractivity contribution in [1.82, 2.24) is 23.9 Å². The summed E-state index contributed by atoms with van der Waals surface area (Å²) in [5.41, 5.74) is 2.21. The summed E-state index contributed by atoms with van der Waals surface area (Å²) in [5, 5.41) is 12.4. The summed E-state index contributed by atoms with van der Waals surface area (Å²) >= 11 is 7.80. The molecular weight excluding hydrogens is 700 g/mol. The highest BCUT2D eigenvalue weighted by Crippen LogP contribution is 2.43. The Hall–Kier alpha value is -5.29. The fourth-order valence-electron chi connectivity index (χ4n) is 6.00. The zero-order valence-corrected chi connectivity index (χ0v) is 29.6. The smallest absolute Gasteiger partial charge is 0.272 e. The first-order chi connectivity index (χ1) is 24.5. The van der Waals surface area contributed by atoms with Gasteiger partial charge in [-0.1, -0.05) is 11.6 Å². The number of thiophene rings is 1. The van der Waals surface area contributed by atoms with E-state index in [0.29, 0.717) is 69.3 Å². The van der Waals surface area contributed by atoms with Crippen LogP contribution in [0.25, 0.3) is 10.1 Å². The summed E-state index contributed by atoms with van der Waals surface area (Å²) in [6.45, 7) is 4.43. The van der Waals surface area contributed by atoms with Gasteiger partial charge in [-0.2, -0.15) is 0 Å². The molecule has 15 nitrogen and oxygen atoms in total. The number of benzene rings is 1. The lowest BCUT2D eigenvalue weighted by molar-refractivity contribution is 0.0383. The molecule has 2 aliphatic rings. The number of ether oxygens (including phenoxy) is 3. The fourth-order valence-corrected chi connectivity index (χ4v) is 7.41. The van der Waals surface area contributed by atoms with E-state index in [1.54, 1.807) is 83.8 Å². The normalized spacial score (nSPS) is 14.1. The molecule has 6 heterocycles. The molecule has 5 aromatic rings. The molecule has 51 heavy (non-hydrogen) atoms. The van der Waals surface area contributed by atoms with Gasteiger partial charge in [-0.25, -0.2) is 0 Å². The Bertz CT molecular complexity index is 2180. The summed E-state index contributed by atoms with van der Waals surface area (Å²) in [6, 6.07) is 8.26. The first-order valence-electron chi connectivity index (χ1n) is 16.1. The average molecular weight is 735 g/mol. The number of anilines is 3. The molecule has 1 saturated heterocycles. The van der Waals surface area contributed by atoms with Crippen LogP contribution >= 0.6 is 22.9 Å². The van der Waals surface area contributed by atoms with Gasteiger partial charge in [0.15, 0.2) is 11.5 Å². The van der Waals surface area contributed by atoms with Gasteiger partial charge in [0.25, 0.3) is 23.6 Å². The molecule has 0 unspecified atom stereocenters. The highest BCUT2D eigenvalue weighted by Gasteiger charge is 2.24. The standard InChI is InChI=1S/C34H35ClN8O7S/c1-40-15-19(10-23(40)31(44)36-4-5-43-6-8-48-9-7-43)37-32(45)24-11-20(16-41(24)2)38-33(46)25-12-21(17-42(25)3)39-34(47)30-29(35)22-13-26-27(50-18-49-26)14-28(22)51-30/h10-17H,4-9,18H2,1-3H3,(H,36,44)(H,37,45)(H,38,46)(H,39,47). The van der Waals surface area contributed by atoms with E-state index in [-0.39, 0.29) is 24.1 Å². The van der Waals surface area contributed by atoms with Crippen LogP contribution in [0.15, 0.2) is 48.9 Å². The third-order valence-electron chi connectivity index (χ3n) is 8.63. The van der Waals surface area contributed by atoms with E-state index in [0.717, 1.165) is 24.3 Å². The van der Waals surface area contributed by atoms with Crippen LogP contribution in [0.2, 0.25) is 5.02 Å². The van der Waals surface area contributed by atoms with E-state index >= 15 is 0 Å². The molecular formula is C34H35ClN8O7S. The largest absolute Gasteiger partial charge is 0.454 e. The van der Waals surface area contributed by atoms with Gasteiger partial charge < -0.3 is 49.2 Å². The van der Waals surface area contributed by atoms with E-state index in [1.165, 1.54) is 11.3 Å². The Balaban J connectivity index is 0.957. The van der Waals surface area contributed by atoms with Gasteiger partial charge in [-0.05, 0) is 24.3 Å². The van der Waals surface area contributed by atoms with E-state index in [4.69, 9.17) is 25.8 Å². The minimum atomic E-state index is -0.447. The molecule has 1 fully saturated rings. The van der Waals surface area contributed by atoms with Crippen LogP contribution in [0.4, 0.5) is 17.1 Å². The molecule has 0 spiro atoms. The molecule has 4 amide bonds. The summed E-state index contributed by atoms with van der Waals surface area (Å²) in [7, 11) is 5.10. The van der Waals surface area contributed by atoms with Crippen molar-refractivity contribution in [3.05, 3.63) is 75.9 Å². The van der Waals surface area contributed by atoms with Crippen LogP contribution in [-0.2, 0) is 25.9 Å². The SMILES string of the molecule is Cn1cc(NC(=O)c2cc(NC(=O)c3cc(NC(=O)c4sc5cc6c(cc5c4Cl)OCO6)cn3C)cn2C)cc1C(=O)NCCN1CCOCC1. The molecule has 1 aromatic carbocycles. The Morgan fingerprint density at radius 1 is 0.725 bits per heavy atom. The number of halogens is 1. The molecule has 0 atom stereocenters. The Morgan fingerprint density at radius 2 is 1.24 bits per heavy atom. The van der Waals surface area contributed by atoms with E-state index in [1.807, 2.05) is 0 Å². The lowest BCUT2D eigenvalue weighted by atomic mass is 10.2. The van der Waals surface area contributed by atoms with Gasteiger partial charge in [-0.3, -0.25) is 24.1 Å². The number of aromatic nitrogens is 3. The Labute approximate surface area is 301 Å². The molecule has 2 aliphatic heterocycles. The van der Waals surface area contributed by atoms with Gasteiger partial charge in [0, 0.05) is 82.1 Å². The van der Waals surface area contributed by atoms with Crippen molar-refractivity contribution in [3.8, 4) is 11.5 Å². The second kappa shape index (κ2) is 14.1. The number of fused-ring (bicyclic) bond motifs is 2. The lowest BCUT2D eigenvalue weighted by Gasteiger charge is -2.26. The average Bonchev–Trinajstić information content (AvgIpc) is 3.93. The van der Waals surface area contributed by atoms with Crippen LogP contribution in [0, 0.1) is 0 Å². The van der Waals surface area contributed by atoms with Crippen LogP contribution in [0.3, 0.4) is 0 Å². The second-order valence-electron chi connectivity index (χ2n) is 12.2. The zero-order chi connectivity index (χ0) is 35.8. The molecule has 4 N–H and O–H groups in total. The van der Waals surface area contributed by atoms with Crippen molar-refractivity contribution in [2.45, 2.75) is 0 Å². The number of hydrogen-bond donors (Lipinski definition) is 4.